The van der Waals surface area contributed by atoms with Gasteiger partial charge < -0.3 is 9.64 Å². The zero-order valence-electron chi connectivity index (χ0n) is 17.0. The lowest BCUT2D eigenvalue weighted by molar-refractivity contribution is 0.0303. The minimum Gasteiger partial charge on any atom is -0.378 e. The van der Waals surface area contributed by atoms with Crippen LogP contribution in [0.4, 0.5) is 0 Å². The van der Waals surface area contributed by atoms with Crippen LogP contribution in [0.1, 0.15) is 32.2 Å². The summed E-state index contributed by atoms with van der Waals surface area (Å²) in [5, 5.41) is 4.22. The second kappa shape index (κ2) is 8.45. The van der Waals surface area contributed by atoms with Crippen molar-refractivity contribution in [2.24, 2.45) is 0 Å². The highest BCUT2D eigenvalue weighted by atomic mass is 16.5. The van der Waals surface area contributed by atoms with E-state index in [-0.39, 0.29) is 17.5 Å². The minimum absolute atomic E-state index is 0.0682. The van der Waals surface area contributed by atoms with E-state index in [1.54, 1.807) is 58.3 Å². The molecule has 9 heteroatoms. The molecule has 9 nitrogen and oxygen atoms in total. The Bertz CT molecular complexity index is 1350. The average Bonchev–Trinajstić information content (AvgIpc) is 3.49. The Morgan fingerprint density at radius 3 is 2.56 bits per heavy atom. The van der Waals surface area contributed by atoms with Gasteiger partial charge in [-0.25, -0.2) is 14.5 Å². The van der Waals surface area contributed by atoms with Crippen LogP contribution in [0.15, 0.2) is 61.2 Å². The molecule has 0 bridgehead atoms. The lowest BCUT2D eigenvalue weighted by atomic mass is 10.1. The van der Waals surface area contributed by atoms with E-state index in [9.17, 15) is 9.59 Å². The maximum Gasteiger partial charge on any atom is 0.254 e. The minimum atomic E-state index is -0.286. The monoisotopic (exact) mass is 426 g/mol. The van der Waals surface area contributed by atoms with Gasteiger partial charge in [0.25, 0.3) is 5.91 Å². The number of rotatable bonds is 3. The largest absolute Gasteiger partial charge is 0.378 e. The van der Waals surface area contributed by atoms with Gasteiger partial charge in [0.05, 0.1) is 19.4 Å². The molecule has 4 heterocycles. The number of aromatic nitrogens is 5. The van der Waals surface area contributed by atoms with Crippen LogP contribution in [0.25, 0.3) is 5.65 Å². The highest BCUT2D eigenvalue weighted by Crippen LogP contribution is 2.13. The summed E-state index contributed by atoms with van der Waals surface area (Å²) in [6, 6.07) is 13.1. The number of carbonyl (C=O) groups is 2. The Morgan fingerprint density at radius 1 is 0.969 bits per heavy atom. The van der Waals surface area contributed by atoms with E-state index in [4.69, 9.17) is 4.74 Å². The smallest absolute Gasteiger partial charge is 0.254 e. The third kappa shape index (κ3) is 3.75. The van der Waals surface area contributed by atoms with Crippen molar-refractivity contribution in [3.63, 3.8) is 0 Å². The molecule has 4 aromatic rings. The maximum absolute atomic E-state index is 13.0. The lowest BCUT2D eigenvalue weighted by Gasteiger charge is -2.26. The molecular weight excluding hydrogens is 408 g/mol. The third-order valence-electron chi connectivity index (χ3n) is 5.12. The van der Waals surface area contributed by atoms with Gasteiger partial charge in [0.15, 0.2) is 11.5 Å². The number of fused-ring (bicyclic) bond motifs is 1. The zero-order valence-corrected chi connectivity index (χ0v) is 17.0. The summed E-state index contributed by atoms with van der Waals surface area (Å²) in [6.45, 7) is 2.21. The second-order valence-corrected chi connectivity index (χ2v) is 7.11. The summed E-state index contributed by atoms with van der Waals surface area (Å²) >= 11 is 0. The molecule has 5 rings (SSSR count). The van der Waals surface area contributed by atoms with Gasteiger partial charge in [-0.2, -0.15) is 5.10 Å². The number of imidazole rings is 2. The van der Waals surface area contributed by atoms with Gasteiger partial charge in [0, 0.05) is 48.9 Å². The van der Waals surface area contributed by atoms with Gasteiger partial charge in [-0.05, 0) is 30.2 Å². The van der Waals surface area contributed by atoms with Crippen molar-refractivity contribution in [2.75, 3.05) is 26.3 Å². The topological polar surface area (TPSA) is 94.6 Å². The molecule has 1 aliphatic heterocycles. The summed E-state index contributed by atoms with van der Waals surface area (Å²) in [5.74, 6) is 2.81. The molecule has 1 aromatic carbocycles. The first-order valence-electron chi connectivity index (χ1n) is 10.1. The Labute approximate surface area is 183 Å². The van der Waals surface area contributed by atoms with E-state index in [1.165, 1.54) is 10.8 Å². The van der Waals surface area contributed by atoms with Gasteiger partial charge >= 0.3 is 0 Å². The van der Waals surface area contributed by atoms with Crippen LogP contribution in [0.5, 0.6) is 0 Å². The number of ether oxygens (including phenoxy) is 1. The van der Waals surface area contributed by atoms with Crippen molar-refractivity contribution in [3.05, 3.63) is 83.8 Å². The van der Waals surface area contributed by atoms with E-state index in [0.29, 0.717) is 48.8 Å². The van der Waals surface area contributed by atoms with E-state index in [1.807, 2.05) is 6.07 Å². The lowest BCUT2D eigenvalue weighted by Crippen LogP contribution is -2.40. The maximum atomic E-state index is 13.0. The first-order chi connectivity index (χ1) is 15.7. The van der Waals surface area contributed by atoms with Crippen LogP contribution in [0, 0.1) is 12.0 Å². The first kappa shape index (κ1) is 19.7. The fraction of sp³-hybridized carbons (Fsp3) is 0.174. The fourth-order valence-corrected chi connectivity index (χ4v) is 3.44. The number of hydrogen-bond donors (Lipinski definition) is 0. The molecular formula is C23H18N6O3. The number of nitrogens with zero attached hydrogens (tertiary/aromatic N) is 6. The number of amides is 1. The molecule has 0 saturated carbocycles. The molecule has 0 spiro atoms. The molecule has 0 atom stereocenters. The average molecular weight is 426 g/mol. The third-order valence-corrected chi connectivity index (χ3v) is 5.12. The molecule has 32 heavy (non-hydrogen) atoms. The molecule has 0 N–H and O–H groups in total. The summed E-state index contributed by atoms with van der Waals surface area (Å²) < 4.78 is 8.38. The van der Waals surface area contributed by atoms with Crippen molar-refractivity contribution in [2.45, 2.75) is 0 Å². The Hall–Kier alpha value is -4.29. The van der Waals surface area contributed by atoms with Gasteiger partial charge in [-0.15, -0.1) is 0 Å². The number of hydrogen-bond acceptors (Lipinski definition) is 6. The van der Waals surface area contributed by atoms with Crippen molar-refractivity contribution in [3.8, 4) is 12.0 Å². The highest BCUT2D eigenvalue weighted by molar-refractivity contribution is 6.07. The molecule has 0 aliphatic carbocycles. The SMILES string of the molecule is O=C(c1ccc(C(=O)N2CCOCC2)cc1)c1nccn1C#Cc1cnc2cccnn12. The Kier molecular flexibility index (Phi) is 5.19. The number of benzene rings is 1. The van der Waals surface area contributed by atoms with Gasteiger partial charge in [0.1, 0.15) is 5.69 Å². The molecule has 0 radical (unpaired) electrons. The van der Waals surface area contributed by atoms with Crippen LogP contribution < -0.4 is 0 Å². The van der Waals surface area contributed by atoms with Crippen LogP contribution in [0.2, 0.25) is 0 Å². The van der Waals surface area contributed by atoms with Gasteiger partial charge in [0.2, 0.25) is 5.78 Å². The van der Waals surface area contributed by atoms with Crippen LogP contribution in [0.3, 0.4) is 0 Å². The molecule has 1 saturated heterocycles. The summed E-state index contributed by atoms with van der Waals surface area (Å²) in [7, 11) is 0. The predicted molar refractivity (Wildman–Crippen MR) is 114 cm³/mol. The van der Waals surface area contributed by atoms with Crippen LogP contribution in [-0.2, 0) is 4.74 Å². The first-order valence-corrected chi connectivity index (χ1v) is 10.1. The molecule has 0 unspecified atom stereocenters. The molecule has 3 aromatic heterocycles. The number of carbonyl (C=O) groups excluding carboxylic acids is 2. The Morgan fingerprint density at radius 2 is 1.75 bits per heavy atom. The standard InChI is InChI=1S/C23H18N6O3/c30-21(17-3-5-18(6-4-17)23(31)28-12-14-32-15-13-28)22-24-9-11-27(22)10-7-19-16-25-20-2-1-8-26-29(19)20/h1-6,8-9,11,16H,12-15H2. The van der Waals surface area contributed by atoms with E-state index >= 15 is 0 Å². The van der Waals surface area contributed by atoms with Crippen molar-refractivity contribution in [1.29, 1.82) is 0 Å². The summed E-state index contributed by atoms with van der Waals surface area (Å²) in [5.41, 5.74) is 2.24. The molecule has 1 aliphatic rings. The summed E-state index contributed by atoms with van der Waals surface area (Å²) in [6.07, 6.45) is 6.41. The van der Waals surface area contributed by atoms with Crippen molar-refractivity contribution >= 4 is 17.3 Å². The highest BCUT2D eigenvalue weighted by Gasteiger charge is 2.20. The van der Waals surface area contributed by atoms with Gasteiger partial charge in [-0.1, -0.05) is 12.1 Å². The van der Waals surface area contributed by atoms with Crippen molar-refractivity contribution < 1.29 is 14.3 Å². The predicted octanol–water partition coefficient (Wildman–Crippen LogP) is 1.49. The molecule has 1 fully saturated rings. The Balaban J connectivity index is 1.36. The number of morpholine rings is 1. The van der Waals surface area contributed by atoms with Crippen molar-refractivity contribution in [1.82, 2.24) is 29.0 Å². The number of ketones is 1. The molecule has 158 valence electrons. The van der Waals surface area contributed by atoms with Crippen LogP contribution >= 0.6 is 0 Å². The quantitative estimate of drug-likeness (QED) is 0.364. The molecule has 1 amide bonds. The van der Waals surface area contributed by atoms with E-state index in [2.05, 4.69) is 27.0 Å². The zero-order chi connectivity index (χ0) is 21.9. The van der Waals surface area contributed by atoms with E-state index < -0.39 is 0 Å². The van der Waals surface area contributed by atoms with E-state index in [0.717, 1.165) is 0 Å². The normalized spacial score (nSPS) is 13.6. The summed E-state index contributed by atoms with van der Waals surface area (Å²) in [4.78, 5) is 35.8. The van der Waals surface area contributed by atoms with Crippen LogP contribution in [-0.4, -0.2) is 67.0 Å². The fourth-order valence-electron chi connectivity index (χ4n) is 3.44. The van der Waals surface area contributed by atoms with Gasteiger partial charge in [-0.3, -0.25) is 14.2 Å². The second-order valence-electron chi connectivity index (χ2n) is 7.11.